The van der Waals surface area contributed by atoms with Gasteiger partial charge in [-0.2, -0.15) is 9.41 Å². The average molecular weight is 468 g/mol. The van der Waals surface area contributed by atoms with E-state index in [9.17, 15) is 13.2 Å². The number of halogens is 2. The van der Waals surface area contributed by atoms with Crippen LogP contribution in [0.2, 0.25) is 10.0 Å². The maximum absolute atomic E-state index is 13.2. The summed E-state index contributed by atoms with van der Waals surface area (Å²) in [6.07, 6.45) is 5.88. The lowest BCUT2D eigenvalue weighted by atomic mass is 9.95. The van der Waals surface area contributed by atoms with E-state index >= 15 is 0 Å². The molecule has 0 bridgehead atoms. The Kier molecular flexibility index (Phi) is 7.88. The number of benzene rings is 2. The number of hydrogen-bond acceptors (Lipinski definition) is 4. The first-order chi connectivity index (χ1) is 14.4. The van der Waals surface area contributed by atoms with Crippen LogP contribution in [0.4, 0.5) is 0 Å². The lowest BCUT2D eigenvalue weighted by Crippen LogP contribution is -2.46. The Morgan fingerprint density at radius 3 is 2.43 bits per heavy atom. The van der Waals surface area contributed by atoms with Gasteiger partial charge in [0.1, 0.15) is 0 Å². The Morgan fingerprint density at radius 1 is 1.07 bits per heavy atom. The number of carbonyl (C=O) groups excluding carboxylic acids is 1. The predicted octanol–water partition coefficient (Wildman–Crippen LogP) is 4.47. The first-order valence-electron chi connectivity index (χ1n) is 9.72. The van der Waals surface area contributed by atoms with Gasteiger partial charge >= 0.3 is 0 Å². The molecule has 0 saturated heterocycles. The van der Waals surface area contributed by atoms with Crippen LogP contribution in [-0.2, 0) is 14.8 Å². The largest absolute Gasteiger partial charge is 0.272 e. The minimum Gasteiger partial charge on any atom is -0.272 e. The number of hydrogen-bond donors (Lipinski definition) is 1. The quantitative estimate of drug-likeness (QED) is 0.481. The Hall–Kier alpha value is -1.93. The Bertz CT molecular complexity index is 1010. The third-order valence-corrected chi connectivity index (χ3v) is 7.63. The molecule has 1 N–H and O–H groups in total. The third-order valence-electron chi connectivity index (χ3n) is 4.98. The van der Waals surface area contributed by atoms with Crippen LogP contribution in [-0.4, -0.2) is 37.4 Å². The fourth-order valence-electron chi connectivity index (χ4n) is 3.46. The van der Waals surface area contributed by atoms with Crippen molar-refractivity contribution < 1.29 is 13.2 Å². The molecule has 0 atom stereocenters. The van der Waals surface area contributed by atoms with E-state index < -0.39 is 15.9 Å². The molecular weight excluding hydrogens is 445 g/mol. The van der Waals surface area contributed by atoms with E-state index in [0.29, 0.717) is 15.6 Å². The molecule has 160 valence electrons. The molecule has 30 heavy (non-hydrogen) atoms. The summed E-state index contributed by atoms with van der Waals surface area (Å²) in [4.78, 5) is 12.7. The van der Waals surface area contributed by atoms with Gasteiger partial charge in [0, 0.05) is 6.04 Å². The zero-order chi connectivity index (χ0) is 21.6. The summed E-state index contributed by atoms with van der Waals surface area (Å²) in [6, 6.07) is 13.0. The first-order valence-corrected chi connectivity index (χ1v) is 11.9. The molecule has 0 heterocycles. The smallest absolute Gasteiger partial charge is 0.255 e. The number of amides is 1. The normalized spacial score (nSPS) is 15.6. The van der Waals surface area contributed by atoms with E-state index in [1.54, 1.807) is 48.5 Å². The zero-order valence-electron chi connectivity index (χ0n) is 16.3. The van der Waals surface area contributed by atoms with E-state index in [0.717, 1.165) is 32.1 Å². The van der Waals surface area contributed by atoms with Crippen molar-refractivity contribution in [2.45, 2.75) is 43.0 Å². The van der Waals surface area contributed by atoms with Gasteiger partial charge in [0.15, 0.2) is 0 Å². The summed E-state index contributed by atoms with van der Waals surface area (Å²) in [6.45, 7) is -0.291. The van der Waals surface area contributed by atoms with Crippen molar-refractivity contribution in [3.8, 4) is 0 Å². The van der Waals surface area contributed by atoms with Crippen LogP contribution in [0, 0.1) is 0 Å². The fraction of sp³-hybridized carbons (Fsp3) is 0.333. The highest BCUT2D eigenvalue weighted by Crippen LogP contribution is 2.27. The number of hydrazone groups is 1. The summed E-state index contributed by atoms with van der Waals surface area (Å²) >= 11 is 11.8. The van der Waals surface area contributed by atoms with Gasteiger partial charge in [-0.15, -0.1) is 0 Å². The molecule has 6 nitrogen and oxygen atoms in total. The fourth-order valence-corrected chi connectivity index (χ4v) is 5.42. The second-order valence-electron chi connectivity index (χ2n) is 7.12. The van der Waals surface area contributed by atoms with Crippen LogP contribution in [0.15, 0.2) is 58.5 Å². The number of rotatable bonds is 7. The molecule has 1 fully saturated rings. The van der Waals surface area contributed by atoms with Crippen LogP contribution in [0.25, 0.3) is 0 Å². The minimum atomic E-state index is -3.79. The molecule has 2 aromatic rings. The van der Waals surface area contributed by atoms with Gasteiger partial charge in [0.05, 0.1) is 27.7 Å². The van der Waals surface area contributed by atoms with Gasteiger partial charge in [0.25, 0.3) is 5.91 Å². The van der Waals surface area contributed by atoms with Crippen molar-refractivity contribution in [2.24, 2.45) is 5.10 Å². The van der Waals surface area contributed by atoms with Gasteiger partial charge in [-0.25, -0.2) is 13.8 Å². The summed E-state index contributed by atoms with van der Waals surface area (Å²) in [5.74, 6) is -0.503. The topological polar surface area (TPSA) is 78.8 Å². The van der Waals surface area contributed by atoms with E-state index in [1.165, 1.54) is 10.5 Å². The minimum absolute atomic E-state index is 0.183. The van der Waals surface area contributed by atoms with E-state index in [4.69, 9.17) is 23.2 Å². The van der Waals surface area contributed by atoms with Crippen molar-refractivity contribution in [3.05, 3.63) is 64.1 Å². The molecule has 2 aromatic carbocycles. The maximum Gasteiger partial charge on any atom is 0.255 e. The second kappa shape index (κ2) is 10.4. The zero-order valence-corrected chi connectivity index (χ0v) is 18.6. The van der Waals surface area contributed by atoms with Gasteiger partial charge in [-0.05, 0) is 42.7 Å². The lowest BCUT2D eigenvalue weighted by molar-refractivity contribution is -0.121. The maximum atomic E-state index is 13.2. The van der Waals surface area contributed by atoms with Gasteiger partial charge in [-0.1, -0.05) is 66.7 Å². The van der Waals surface area contributed by atoms with E-state index in [1.807, 2.05) is 0 Å². The van der Waals surface area contributed by atoms with Crippen molar-refractivity contribution in [2.75, 3.05) is 6.54 Å². The molecule has 1 aliphatic carbocycles. The summed E-state index contributed by atoms with van der Waals surface area (Å²) in [7, 11) is -3.79. The molecule has 0 radical (unpaired) electrons. The van der Waals surface area contributed by atoms with Crippen LogP contribution in [0.3, 0.4) is 0 Å². The van der Waals surface area contributed by atoms with Crippen molar-refractivity contribution in [1.29, 1.82) is 0 Å². The van der Waals surface area contributed by atoms with Crippen LogP contribution >= 0.6 is 23.2 Å². The highest BCUT2D eigenvalue weighted by molar-refractivity contribution is 7.89. The molecule has 0 aliphatic heterocycles. The molecular formula is C21H23Cl2N3O3S. The molecule has 0 spiro atoms. The van der Waals surface area contributed by atoms with Gasteiger partial charge in [0.2, 0.25) is 10.0 Å². The molecule has 1 aliphatic rings. The molecule has 9 heteroatoms. The molecule has 1 amide bonds. The standard InChI is InChI=1S/C21H23Cl2N3O3S/c22-19-12-11-16(13-20(19)23)14-24-25-21(27)15-26(17-7-3-1-4-8-17)30(28,29)18-9-5-2-6-10-18/h2,5-6,9-14,17H,1,3-4,7-8,15H2,(H,25,27)/b24-14+. The van der Waals surface area contributed by atoms with E-state index in [2.05, 4.69) is 10.5 Å². The SMILES string of the molecule is O=C(CN(C1CCCCC1)S(=O)(=O)c1ccccc1)N/N=C/c1ccc(Cl)c(Cl)c1. The second-order valence-corrected chi connectivity index (χ2v) is 9.83. The summed E-state index contributed by atoms with van der Waals surface area (Å²) in [5, 5.41) is 4.72. The number of carbonyl (C=O) groups is 1. The highest BCUT2D eigenvalue weighted by Gasteiger charge is 2.33. The van der Waals surface area contributed by atoms with Gasteiger partial charge < -0.3 is 0 Å². The third kappa shape index (κ3) is 5.82. The van der Waals surface area contributed by atoms with Crippen LogP contribution in [0.1, 0.15) is 37.7 Å². The Morgan fingerprint density at radius 2 is 1.77 bits per heavy atom. The van der Waals surface area contributed by atoms with E-state index in [-0.39, 0.29) is 17.5 Å². The number of nitrogens with one attached hydrogen (secondary N) is 1. The first kappa shape index (κ1) is 22.7. The average Bonchev–Trinajstić information content (AvgIpc) is 2.75. The van der Waals surface area contributed by atoms with Crippen molar-refractivity contribution >= 4 is 45.3 Å². The molecule has 0 unspecified atom stereocenters. The van der Waals surface area contributed by atoms with Crippen LogP contribution in [0.5, 0.6) is 0 Å². The number of nitrogens with zero attached hydrogens (tertiary/aromatic N) is 2. The van der Waals surface area contributed by atoms with Crippen molar-refractivity contribution in [3.63, 3.8) is 0 Å². The summed E-state index contributed by atoms with van der Waals surface area (Å²) < 4.78 is 27.7. The van der Waals surface area contributed by atoms with Crippen LogP contribution < -0.4 is 5.43 Å². The Labute approximate surface area is 186 Å². The predicted molar refractivity (Wildman–Crippen MR) is 119 cm³/mol. The summed E-state index contributed by atoms with van der Waals surface area (Å²) in [5.41, 5.74) is 3.06. The van der Waals surface area contributed by atoms with Gasteiger partial charge in [-0.3, -0.25) is 4.79 Å². The monoisotopic (exact) mass is 467 g/mol. The lowest BCUT2D eigenvalue weighted by Gasteiger charge is -2.32. The molecule has 3 rings (SSSR count). The molecule has 0 aromatic heterocycles. The van der Waals surface area contributed by atoms with Crippen molar-refractivity contribution in [1.82, 2.24) is 9.73 Å². The molecule has 1 saturated carbocycles. The Balaban J connectivity index is 1.73. The number of sulfonamides is 1. The highest BCUT2D eigenvalue weighted by atomic mass is 35.5.